The lowest BCUT2D eigenvalue weighted by Gasteiger charge is -2.09. The van der Waals surface area contributed by atoms with E-state index in [-0.39, 0.29) is 6.03 Å². The minimum absolute atomic E-state index is 0.286. The number of anilines is 1. The van der Waals surface area contributed by atoms with E-state index in [1.807, 2.05) is 50.2 Å². The molecule has 0 aliphatic rings. The number of carbonyl (C=O) groups is 1. The van der Waals surface area contributed by atoms with E-state index in [2.05, 4.69) is 20.6 Å². The molecule has 0 spiro atoms. The van der Waals surface area contributed by atoms with Gasteiger partial charge in [0.15, 0.2) is 0 Å². The monoisotopic (exact) mass is 340 g/mol. The zero-order valence-electron chi connectivity index (χ0n) is 13.4. The molecule has 1 aromatic heterocycles. The van der Waals surface area contributed by atoms with Gasteiger partial charge >= 0.3 is 6.03 Å². The van der Waals surface area contributed by atoms with Crippen molar-refractivity contribution in [1.29, 1.82) is 0 Å². The van der Waals surface area contributed by atoms with Gasteiger partial charge in [0, 0.05) is 17.3 Å². The summed E-state index contributed by atoms with van der Waals surface area (Å²) in [6.45, 7) is 4.24. The van der Waals surface area contributed by atoms with Crippen molar-refractivity contribution in [1.82, 2.24) is 15.3 Å². The van der Waals surface area contributed by atoms with Crippen molar-refractivity contribution in [2.45, 2.75) is 20.4 Å². The van der Waals surface area contributed by atoms with Gasteiger partial charge in [-0.25, -0.2) is 14.8 Å². The second kappa shape index (κ2) is 6.84. The minimum atomic E-state index is -0.286. The van der Waals surface area contributed by atoms with Gasteiger partial charge in [0.05, 0.1) is 22.4 Å². The van der Waals surface area contributed by atoms with Crippen molar-refractivity contribution in [3.8, 4) is 0 Å². The maximum absolute atomic E-state index is 12.0. The van der Waals surface area contributed by atoms with Gasteiger partial charge in [-0.3, -0.25) is 0 Å². The lowest BCUT2D eigenvalue weighted by atomic mass is 10.2. The molecule has 0 bridgehead atoms. The van der Waals surface area contributed by atoms with Crippen LogP contribution in [0.5, 0.6) is 0 Å². The number of urea groups is 1. The van der Waals surface area contributed by atoms with Gasteiger partial charge in [-0.05, 0) is 49.7 Å². The average molecular weight is 341 g/mol. The summed E-state index contributed by atoms with van der Waals surface area (Å²) in [5, 5.41) is 6.25. The van der Waals surface area contributed by atoms with E-state index in [0.717, 1.165) is 28.0 Å². The van der Waals surface area contributed by atoms with Gasteiger partial charge in [0.25, 0.3) is 0 Å². The van der Waals surface area contributed by atoms with Gasteiger partial charge in [0.1, 0.15) is 0 Å². The van der Waals surface area contributed by atoms with Crippen molar-refractivity contribution in [2.75, 3.05) is 5.32 Å². The molecule has 0 aliphatic heterocycles. The quantitative estimate of drug-likeness (QED) is 0.750. The molecule has 0 saturated heterocycles. The van der Waals surface area contributed by atoms with Gasteiger partial charge in [0.2, 0.25) is 0 Å². The average Bonchev–Trinajstić information content (AvgIpc) is 2.54. The predicted octanol–water partition coefficient (Wildman–Crippen LogP) is 4.22. The third kappa shape index (κ3) is 3.81. The molecule has 122 valence electrons. The number of benzene rings is 2. The third-order valence-corrected chi connectivity index (χ3v) is 3.91. The fourth-order valence-electron chi connectivity index (χ4n) is 2.31. The Kier molecular flexibility index (Phi) is 4.62. The molecule has 0 aliphatic carbocycles. The van der Waals surface area contributed by atoms with Gasteiger partial charge in [-0.1, -0.05) is 23.7 Å². The van der Waals surface area contributed by atoms with E-state index in [1.54, 1.807) is 6.07 Å². The third-order valence-electron chi connectivity index (χ3n) is 3.68. The van der Waals surface area contributed by atoms with Crippen molar-refractivity contribution in [2.24, 2.45) is 0 Å². The number of amides is 2. The Hall–Kier alpha value is -2.66. The standard InChI is InChI=1S/C18H17ClN4O/c1-11-12(2)22-17-9-15(6-7-16(17)21-11)23-18(24)20-10-13-4-3-5-14(19)8-13/h3-9H,10H2,1-2H3,(H2,20,23,24). The second-order valence-corrected chi connectivity index (χ2v) is 5.97. The van der Waals surface area contributed by atoms with Gasteiger partial charge in [-0.2, -0.15) is 0 Å². The topological polar surface area (TPSA) is 66.9 Å². The van der Waals surface area contributed by atoms with Crippen LogP contribution < -0.4 is 10.6 Å². The molecule has 0 saturated carbocycles. The van der Waals surface area contributed by atoms with Crippen LogP contribution >= 0.6 is 11.6 Å². The summed E-state index contributed by atoms with van der Waals surface area (Å²) in [5.74, 6) is 0. The summed E-state index contributed by atoms with van der Waals surface area (Å²) < 4.78 is 0. The molecule has 2 aromatic carbocycles. The molecule has 0 radical (unpaired) electrons. The highest BCUT2D eigenvalue weighted by atomic mass is 35.5. The number of hydrogen-bond acceptors (Lipinski definition) is 3. The first-order valence-corrected chi connectivity index (χ1v) is 7.93. The summed E-state index contributed by atoms with van der Waals surface area (Å²) in [5.41, 5.74) is 4.96. The molecule has 0 atom stereocenters. The smallest absolute Gasteiger partial charge is 0.319 e. The number of fused-ring (bicyclic) bond motifs is 1. The maximum atomic E-state index is 12.0. The molecular weight excluding hydrogens is 324 g/mol. The zero-order valence-corrected chi connectivity index (χ0v) is 14.2. The highest BCUT2D eigenvalue weighted by Gasteiger charge is 2.06. The zero-order chi connectivity index (χ0) is 17.1. The summed E-state index contributed by atoms with van der Waals surface area (Å²) in [6.07, 6.45) is 0. The van der Waals surface area contributed by atoms with Crippen LogP contribution in [-0.2, 0) is 6.54 Å². The molecule has 24 heavy (non-hydrogen) atoms. The Morgan fingerprint density at radius 1 is 1.04 bits per heavy atom. The number of aromatic nitrogens is 2. The molecule has 3 aromatic rings. The SMILES string of the molecule is Cc1nc2ccc(NC(=O)NCc3cccc(Cl)c3)cc2nc1C. The molecule has 5 nitrogen and oxygen atoms in total. The number of aryl methyl sites for hydroxylation is 2. The Bertz CT molecular complexity index is 911. The van der Waals surface area contributed by atoms with Crippen molar-refractivity contribution >= 4 is 34.4 Å². The molecule has 3 rings (SSSR count). The number of carbonyl (C=O) groups excluding carboxylic acids is 1. The fourth-order valence-corrected chi connectivity index (χ4v) is 2.53. The van der Waals surface area contributed by atoms with E-state index >= 15 is 0 Å². The number of nitrogens with one attached hydrogen (secondary N) is 2. The predicted molar refractivity (Wildman–Crippen MR) is 96.3 cm³/mol. The van der Waals surface area contributed by atoms with Crippen molar-refractivity contribution in [3.63, 3.8) is 0 Å². The van der Waals surface area contributed by atoms with Crippen LogP contribution in [0, 0.1) is 13.8 Å². The van der Waals surface area contributed by atoms with Crippen LogP contribution in [0.15, 0.2) is 42.5 Å². The molecule has 2 amide bonds. The van der Waals surface area contributed by atoms with Crippen LogP contribution in [0.3, 0.4) is 0 Å². The first kappa shape index (κ1) is 16.2. The Labute approximate surface area is 145 Å². The van der Waals surface area contributed by atoms with E-state index in [1.165, 1.54) is 0 Å². The molecule has 0 fully saturated rings. The number of halogens is 1. The van der Waals surface area contributed by atoms with Crippen molar-refractivity contribution < 1.29 is 4.79 Å². The molecular formula is C18H17ClN4O. The highest BCUT2D eigenvalue weighted by Crippen LogP contribution is 2.17. The van der Waals surface area contributed by atoms with Crippen molar-refractivity contribution in [3.05, 3.63) is 64.4 Å². The number of hydrogen-bond donors (Lipinski definition) is 2. The number of rotatable bonds is 3. The first-order valence-electron chi connectivity index (χ1n) is 7.55. The van der Waals surface area contributed by atoms with E-state index in [0.29, 0.717) is 17.3 Å². The maximum Gasteiger partial charge on any atom is 0.319 e. The second-order valence-electron chi connectivity index (χ2n) is 5.54. The summed E-state index contributed by atoms with van der Waals surface area (Å²) in [4.78, 5) is 21.0. The van der Waals surface area contributed by atoms with E-state index in [9.17, 15) is 4.79 Å². The van der Waals surface area contributed by atoms with Gasteiger partial charge < -0.3 is 10.6 Å². The lowest BCUT2D eigenvalue weighted by Crippen LogP contribution is -2.28. The summed E-state index contributed by atoms with van der Waals surface area (Å²) >= 11 is 5.93. The Morgan fingerprint density at radius 3 is 2.54 bits per heavy atom. The molecule has 1 heterocycles. The van der Waals surface area contributed by atoms with E-state index < -0.39 is 0 Å². The number of nitrogens with zero attached hydrogens (tertiary/aromatic N) is 2. The normalized spacial score (nSPS) is 10.6. The highest BCUT2D eigenvalue weighted by molar-refractivity contribution is 6.30. The minimum Gasteiger partial charge on any atom is -0.334 e. The van der Waals surface area contributed by atoms with Crippen LogP contribution in [0.1, 0.15) is 17.0 Å². The van der Waals surface area contributed by atoms with Crippen LogP contribution in [0.4, 0.5) is 10.5 Å². The largest absolute Gasteiger partial charge is 0.334 e. The Balaban J connectivity index is 1.67. The molecule has 0 unspecified atom stereocenters. The molecule has 2 N–H and O–H groups in total. The first-order chi connectivity index (χ1) is 11.5. The fraction of sp³-hybridized carbons (Fsp3) is 0.167. The van der Waals surface area contributed by atoms with E-state index in [4.69, 9.17) is 11.6 Å². The summed E-state index contributed by atoms with van der Waals surface area (Å²) in [6, 6.07) is 12.6. The van der Waals surface area contributed by atoms with Crippen LogP contribution in [0.2, 0.25) is 5.02 Å². The van der Waals surface area contributed by atoms with Crippen LogP contribution in [-0.4, -0.2) is 16.0 Å². The lowest BCUT2D eigenvalue weighted by molar-refractivity contribution is 0.251. The summed E-state index contributed by atoms with van der Waals surface area (Å²) in [7, 11) is 0. The Morgan fingerprint density at radius 2 is 1.79 bits per heavy atom. The van der Waals surface area contributed by atoms with Gasteiger partial charge in [-0.15, -0.1) is 0 Å². The van der Waals surface area contributed by atoms with Crippen LogP contribution in [0.25, 0.3) is 11.0 Å². The molecule has 6 heteroatoms.